The van der Waals surface area contributed by atoms with Crippen molar-refractivity contribution in [3.05, 3.63) is 28.3 Å². The molecule has 0 radical (unpaired) electrons. The van der Waals surface area contributed by atoms with Gasteiger partial charge in [-0.25, -0.2) is 5.14 Å². The van der Waals surface area contributed by atoms with E-state index in [2.05, 4.69) is 5.14 Å². The second-order valence-corrected chi connectivity index (χ2v) is 3.90. The smallest absolute Gasteiger partial charge is 0.296 e. The summed E-state index contributed by atoms with van der Waals surface area (Å²) in [6.07, 6.45) is 0. The Morgan fingerprint density at radius 3 is 2.53 bits per heavy atom. The minimum Gasteiger partial charge on any atom is -0.506 e. The van der Waals surface area contributed by atoms with E-state index in [9.17, 15) is 23.6 Å². The number of rotatable bonds is 3. The van der Waals surface area contributed by atoms with Crippen molar-refractivity contribution in [1.82, 2.24) is 0 Å². The Kier molecular flexibility index (Phi) is 2.77. The second kappa shape index (κ2) is 3.71. The quantitative estimate of drug-likeness (QED) is 0.381. The first kappa shape index (κ1) is 11.2. The maximum absolute atomic E-state index is 10.6. The van der Waals surface area contributed by atoms with Crippen molar-refractivity contribution in [3.63, 3.8) is 0 Å². The highest BCUT2D eigenvalue weighted by Crippen LogP contribution is 2.27. The molecule has 0 saturated carbocycles. The van der Waals surface area contributed by atoms with Crippen LogP contribution >= 0.6 is 0 Å². The number of nitro groups is 1. The third kappa shape index (κ3) is 3.07. The lowest BCUT2D eigenvalue weighted by Crippen LogP contribution is -2.21. The summed E-state index contributed by atoms with van der Waals surface area (Å²) in [4.78, 5) is 9.62. The number of aromatic hydroxyl groups is 1. The van der Waals surface area contributed by atoms with Gasteiger partial charge in [0.25, 0.3) is 15.9 Å². The summed E-state index contributed by atoms with van der Waals surface area (Å²) >= 11 is 0. The standard InChI is InChI=1S/C6H7N3O5S/c7-15(13,14)8-5-3-4(9(11)12)1-2-6(5)10/h1-3,8,10H,(H2,7,13,14). The third-order valence-corrected chi connectivity index (χ3v) is 1.95. The number of phenols is 1. The summed E-state index contributed by atoms with van der Waals surface area (Å²) in [5.41, 5.74) is -0.703. The molecule has 8 nitrogen and oxygen atoms in total. The number of hydrogen-bond donors (Lipinski definition) is 3. The molecule has 0 aliphatic rings. The van der Waals surface area contributed by atoms with Crippen molar-refractivity contribution in [2.75, 3.05) is 4.72 Å². The second-order valence-electron chi connectivity index (χ2n) is 2.61. The predicted molar refractivity (Wildman–Crippen MR) is 51.5 cm³/mol. The normalized spacial score (nSPS) is 11.0. The van der Waals surface area contributed by atoms with Gasteiger partial charge in [-0.2, -0.15) is 8.42 Å². The van der Waals surface area contributed by atoms with E-state index in [1.54, 1.807) is 4.72 Å². The number of nitrogens with zero attached hydrogens (tertiary/aromatic N) is 1. The monoisotopic (exact) mass is 233 g/mol. The van der Waals surface area contributed by atoms with Gasteiger partial charge < -0.3 is 5.11 Å². The number of non-ortho nitro benzene ring substituents is 1. The Bertz CT molecular complexity index is 497. The van der Waals surface area contributed by atoms with Crippen molar-refractivity contribution in [1.29, 1.82) is 0 Å². The molecule has 0 aliphatic carbocycles. The fraction of sp³-hybridized carbons (Fsp3) is 0. The molecule has 1 aromatic carbocycles. The molecular weight excluding hydrogens is 226 g/mol. The molecule has 9 heteroatoms. The zero-order valence-electron chi connectivity index (χ0n) is 7.25. The van der Waals surface area contributed by atoms with Crippen LogP contribution in [0.15, 0.2) is 18.2 Å². The molecule has 1 rings (SSSR count). The molecule has 0 aliphatic heterocycles. The van der Waals surface area contributed by atoms with Crippen LogP contribution in [0.5, 0.6) is 5.75 Å². The van der Waals surface area contributed by atoms with Gasteiger partial charge in [0.15, 0.2) is 0 Å². The first-order valence-electron chi connectivity index (χ1n) is 3.57. The topological polar surface area (TPSA) is 136 Å². The summed E-state index contributed by atoms with van der Waals surface area (Å²) in [6.45, 7) is 0. The van der Waals surface area contributed by atoms with Crippen molar-refractivity contribution in [3.8, 4) is 5.75 Å². The lowest BCUT2D eigenvalue weighted by atomic mass is 10.2. The van der Waals surface area contributed by atoms with Crippen LogP contribution in [0.4, 0.5) is 11.4 Å². The predicted octanol–water partition coefficient (Wildman–Crippen LogP) is -0.0842. The van der Waals surface area contributed by atoms with Crippen molar-refractivity contribution < 1.29 is 18.4 Å². The SMILES string of the molecule is NS(=O)(=O)Nc1cc([N+](=O)[O-])ccc1O. The summed E-state index contributed by atoms with van der Waals surface area (Å²) in [5.74, 6) is -0.449. The van der Waals surface area contributed by atoms with Crippen LogP contribution in [-0.4, -0.2) is 18.4 Å². The van der Waals surface area contributed by atoms with E-state index in [4.69, 9.17) is 0 Å². The first-order valence-corrected chi connectivity index (χ1v) is 5.12. The highest BCUT2D eigenvalue weighted by atomic mass is 32.2. The Hall–Kier alpha value is -1.87. The highest BCUT2D eigenvalue weighted by molar-refractivity contribution is 7.90. The first-order chi connectivity index (χ1) is 6.79. The largest absolute Gasteiger partial charge is 0.506 e. The number of phenolic OH excluding ortho intramolecular Hbond substituents is 1. The van der Waals surface area contributed by atoms with Gasteiger partial charge in [-0.3, -0.25) is 14.8 Å². The molecule has 1 aromatic rings. The number of nitrogens with two attached hydrogens (primary N) is 1. The summed E-state index contributed by atoms with van der Waals surface area (Å²) in [5, 5.41) is 24.2. The van der Waals surface area contributed by atoms with Crippen LogP contribution in [-0.2, 0) is 10.2 Å². The van der Waals surface area contributed by atoms with E-state index in [1.807, 2.05) is 0 Å². The molecule has 0 unspecified atom stereocenters. The molecule has 15 heavy (non-hydrogen) atoms. The van der Waals surface area contributed by atoms with E-state index in [0.29, 0.717) is 0 Å². The van der Waals surface area contributed by atoms with Crippen molar-refractivity contribution in [2.24, 2.45) is 5.14 Å². The van der Waals surface area contributed by atoms with E-state index in [-0.39, 0.29) is 11.4 Å². The number of nitro benzene ring substituents is 1. The average Bonchev–Trinajstić information content (AvgIpc) is 2.06. The van der Waals surface area contributed by atoms with Crippen LogP contribution in [0.25, 0.3) is 0 Å². The summed E-state index contributed by atoms with van der Waals surface area (Å²) in [7, 11) is -4.07. The summed E-state index contributed by atoms with van der Waals surface area (Å²) in [6, 6.07) is 2.88. The van der Waals surface area contributed by atoms with E-state index < -0.39 is 20.9 Å². The Balaban J connectivity index is 3.17. The lowest BCUT2D eigenvalue weighted by Gasteiger charge is -2.04. The van der Waals surface area contributed by atoms with Gasteiger partial charge in [0.2, 0.25) is 0 Å². The van der Waals surface area contributed by atoms with Crippen LogP contribution in [0.1, 0.15) is 0 Å². The Morgan fingerprint density at radius 2 is 2.07 bits per heavy atom. The maximum atomic E-state index is 10.6. The van der Waals surface area contributed by atoms with Gasteiger partial charge in [0.05, 0.1) is 10.6 Å². The Morgan fingerprint density at radius 1 is 1.47 bits per heavy atom. The molecule has 0 atom stereocenters. The van der Waals surface area contributed by atoms with E-state index in [1.165, 1.54) is 0 Å². The molecule has 0 spiro atoms. The van der Waals surface area contributed by atoms with Crippen molar-refractivity contribution >= 4 is 21.6 Å². The van der Waals surface area contributed by atoms with Crippen LogP contribution < -0.4 is 9.86 Å². The number of nitrogens with one attached hydrogen (secondary N) is 1. The van der Waals surface area contributed by atoms with Gasteiger partial charge in [0.1, 0.15) is 5.75 Å². The van der Waals surface area contributed by atoms with E-state index >= 15 is 0 Å². The number of hydrogen-bond acceptors (Lipinski definition) is 5. The summed E-state index contributed by atoms with van der Waals surface area (Å²) < 4.78 is 23.0. The molecule has 0 bridgehead atoms. The lowest BCUT2D eigenvalue weighted by molar-refractivity contribution is -0.384. The molecule has 82 valence electrons. The van der Waals surface area contributed by atoms with Crippen LogP contribution in [0, 0.1) is 10.1 Å². The van der Waals surface area contributed by atoms with Gasteiger partial charge in [-0.05, 0) is 6.07 Å². The third-order valence-electron chi connectivity index (χ3n) is 1.44. The fourth-order valence-electron chi connectivity index (χ4n) is 0.873. The zero-order chi connectivity index (χ0) is 11.6. The number of anilines is 1. The molecule has 0 fully saturated rings. The molecule has 0 heterocycles. The van der Waals surface area contributed by atoms with Crippen molar-refractivity contribution in [2.45, 2.75) is 0 Å². The molecule has 4 N–H and O–H groups in total. The number of benzene rings is 1. The van der Waals surface area contributed by atoms with Gasteiger partial charge >= 0.3 is 0 Å². The van der Waals surface area contributed by atoms with Gasteiger partial charge in [0, 0.05) is 12.1 Å². The Labute approximate surface area is 84.7 Å². The van der Waals surface area contributed by atoms with Crippen LogP contribution in [0.2, 0.25) is 0 Å². The van der Waals surface area contributed by atoms with Gasteiger partial charge in [-0.1, -0.05) is 0 Å². The zero-order valence-corrected chi connectivity index (χ0v) is 8.06. The molecule has 0 saturated heterocycles. The minimum absolute atomic E-state index is 0.341. The maximum Gasteiger partial charge on any atom is 0.296 e. The average molecular weight is 233 g/mol. The minimum atomic E-state index is -4.07. The van der Waals surface area contributed by atoms with E-state index in [0.717, 1.165) is 18.2 Å². The highest BCUT2D eigenvalue weighted by Gasteiger charge is 2.13. The molecule has 0 amide bonds. The molecular formula is C6H7N3O5S. The fourth-order valence-corrected chi connectivity index (χ4v) is 1.34. The molecule has 0 aromatic heterocycles. The van der Waals surface area contributed by atoms with Crippen LogP contribution in [0.3, 0.4) is 0 Å². The van der Waals surface area contributed by atoms with Gasteiger partial charge in [-0.15, -0.1) is 0 Å².